The Morgan fingerprint density at radius 3 is 2.05 bits per heavy atom. The van der Waals surface area contributed by atoms with E-state index in [1.54, 1.807) is 48.5 Å². The number of hydrogen-bond donors (Lipinski definition) is 1. The van der Waals surface area contributed by atoms with Crippen molar-refractivity contribution >= 4 is 34.8 Å². The molecule has 0 saturated carbocycles. The van der Waals surface area contributed by atoms with Gasteiger partial charge in [0.25, 0.3) is 5.91 Å². The van der Waals surface area contributed by atoms with Crippen molar-refractivity contribution in [2.75, 3.05) is 11.9 Å². The third kappa shape index (κ3) is 4.47. The van der Waals surface area contributed by atoms with E-state index in [-0.39, 0.29) is 12.5 Å². The highest BCUT2D eigenvalue weighted by Crippen LogP contribution is 2.16. The van der Waals surface area contributed by atoms with Gasteiger partial charge in [0.15, 0.2) is 6.61 Å². The first kappa shape index (κ1) is 13.7. The average Bonchev–Trinajstić information content (AvgIpc) is 2.41. The first-order valence-electron chi connectivity index (χ1n) is 5.57. The van der Waals surface area contributed by atoms with Crippen molar-refractivity contribution in [2.24, 2.45) is 0 Å². The Bertz CT molecular complexity index is 553. The number of nitrogens with one attached hydrogen (secondary N) is 1. The second-order valence-corrected chi connectivity index (χ2v) is 4.67. The summed E-state index contributed by atoms with van der Waals surface area (Å²) in [6, 6.07) is 13.7. The number of benzene rings is 2. The predicted molar refractivity (Wildman–Crippen MR) is 77.0 cm³/mol. The molecule has 3 nitrogen and oxygen atoms in total. The summed E-state index contributed by atoms with van der Waals surface area (Å²) in [4.78, 5) is 11.6. The van der Waals surface area contributed by atoms with Crippen LogP contribution in [0.3, 0.4) is 0 Å². The number of ether oxygens (including phenoxy) is 1. The lowest BCUT2D eigenvalue weighted by molar-refractivity contribution is -0.118. The van der Waals surface area contributed by atoms with Gasteiger partial charge in [0, 0.05) is 15.7 Å². The SMILES string of the molecule is O=C(COc1ccc(Cl)cc1)Nc1ccc(Cl)cc1. The maximum atomic E-state index is 11.6. The molecule has 0 saturated heterocycles. The van der Waals surface area contributed by atoms with Crippen LogP contribution in [-0.4, -0.2) is 12.5 Å². The van der Waals surface area contributed by atoms with E-state index in [1.807, 2.05) is 0 Å². The van der Waals surface area contributed by atoms with Gasteiger partial charge >= 0.3 is 0 Å². The van der Waals surface area contributed by atoms with Crippen LogP contribution in [0.25, 0.3) is 0 Å². The van der Waals surface area contributed by atoms with Crippen molar-refractivity contribution in [1.29, 1.82) is 0 Å². The van der Waals surface area contributed by atoms with Crippen molar-refractivity contribution in [3.8, 4) is 5.75 Å². The molecular weight excluding hydrogens is 285 g/mol. The molecule has 0 aliphatic carbocycles. The lowest BCUT2D eigenvalue weighted by Crippen LogP contribution is -2.20. The summed E-state index contributed by atoms with van der Waals surface area (Å²) in [6.45, 7) is -0.0652. The molecule has 5 heteroatoms. The van der Waals surface area contributed by atoms with Crippen LogP contribution in [0, 0.1) is 0 Å². The summed E-state index contributed by atoms with van der Waals surface area (Å²) in [5, 5.41) is 3.95. The minimum atomic E-state index is -0.239. The molecule has 0 bridgehead atoms. The van der Waals surface area contributed by atoms with Crippen LogP contribution >= 0.6 is 23.2 Å². The summed E-state index contributed by atoms with van der Waals surface area (Å²) in [5.74, 6) is 0.355. The monoisotopic (exact) mass is 295 g/mol. The molecule has 1 amide bonds. The Morgan fingerprint density at radius 2 is 1.47 bits per heavy atom. The molecule has 98 valence electrons. The van der Waals surface area contributed by atoms with Crippen LogP contribution in [-0.2, 0) is 4.79 Å². The zero-order chi connectivity index (χ0) is 13.7. The number of rotatable bonds is 4. The fraction of sp³-hybridized carbons (Fsp3) is 0.0714. The van der Waals surface area contributed by atoms with Crippen LogP contribution in [0.1, 0.15) is 0 Å². The number of anilines is 1. The first-order chi connectivity index (χ1) is 9.13. The van der Waals surface area contributed by atoms with Crippen molar-refractivity contribution in [2.45, 2.75) is 0 Å². The Hall–Kier alpha value is -1.71. The molecule has 2 aromatic rings. The van der Waals surface area contributed by atoms with Crippen LogP contribution < -0.4 is 10.1 Å². The van der Waals surface area contributed by atoms with Crippen LogP contribution in [0.15, 0.2) is 48.5 Å². The van der Waals surface area contributed by atoms with Crippen molar-refractivity contribution in [3.63, 3.8) is 0 Å². The van der Waals surface area contributed by atoms with E-state index in [9.17, 15) is 4.79 Å². The molecular formula is C14H11Cl2NO2. The van der Waals surface area contributed by atoms with Gasteiger partial charge in [-0.3, -0.25) is 4.79 Å². The van der Waals surface area contributed by atoms with E-state index in [1.165, 1.54) is 0 Å². The molecule has 0 aliphatic heterocycles. The normalized spacial score (nSPS) is 10.0. The summed E-state index contributed by atoms with van der Waals surface area (Å²) in [6.07, 6.45) is 0. The number of carbonyl (C=O) groups excluding carboxylic acids is 1. The maximum Gasteiger partial charge on any atom is 0.262 e. The Labute approximate surface area is 121 Å². The Kier molecular flexibility index (Phi) is 4.66. The fourth-order valence-electron chi connectivity index (χ4n) is 1.41. The van der Waals surface area contributed by atoms with Crippen molar-refractivity contribution in [3.05, 3.63) is 58.6 Å². The Balaban J connectivity index is 1.84. The highest BCUT2D eigenvalue weighted by atomic mass is 35.5. The Morgan fingerprint density at radius 1 is 0.947 bits per heavy atom. The fourth-order valence-corrected chi connectivity index (χ4v) is 1.66. The predicted octanol–water partition coefficient (Wildman–Crippen LogP) is 4.01. The molecule has 0 unspecified atom stereocenters. The summed E-state index contributed by atoms with van der Waals surface area (Å²) in [5.41, 5.74) is 0.675. The molecule has 2 aromatic carbocycles. The topological polar surface area (TPSA) is 38.3 Å². The molecule has 0 heterocycles. The van der Waals surface area contributed by atoms with Gasteiger partial charge in [0.2, 0.25) is 0 Å². The van der Waals surface area contributed by atoms with E-state index in [0.717, 1.165) is 0 Å². The molecule has 0 spiro atoms. The number of amides is 1. The largest absolute Gasteiger partial charge is 0.484 e. The lowest BCUT2D eigenvalue weighted by atomic mass is 10.3. The third-order valence-corrected chi connectivity index (χ3v) is 2.82. The van der Waals surface area contributed by atoms with E-state index in [0.29, 0.717) is 21.5 Å². The number of hydrogen-bond acceptors (Lipinski definition) is 2. The average molecular weight is 296 g/mol. The summed E-state index contributed by atoms with van der Waals surface area (Å²) >= 11 is 11.5. The molecule has 0 aliphatic rings. The van der Waals surface area contributed by atoms with Crippen LogP contribution in [0.5, 0.6) is 5.75 Å². The highest BCUT2D eigenvalue weighted by Gasteiger charge is 2.03. The summed E-state index contributed by atoms with van der Waals surface area (Å²) < 4.78 is 5.32. The van der Waals surface area contributed by atoms with Gasteiger partial charge in [0.05, 0.1) is 0 Å². The zero-order valence-corrected chi connectivity index (χ0v) is 11.4. The quantitative estimate of drug-likeness (QED) is 0.925. The molecule has 0 atom stereocenters. The van der Waals surface area contributed by atoms with E-state index in [4.69, 9.17) is 27.9 Å². The molecule has 0 aromatic heterocycles. The smallest absolute Gasteiger partial charge is 0.262 e. The van der Waals surface area contributed by atoms with Gasteiger partial charge in [-0.1, -0.05) is 23.2 Å². The summed E-state index contributed by atoms with van der Waals surface area (Å²) in [7, 11) is 0. The van der Waals surface area contributed by atoms with Gasteiger partial charge in [-0.05, 0) is 48.5 Å². The van der Waals surface area contributed by atoms with Gasteiger partial charge in [-0.25, -0.2) is 0 Å². The van der Waals surface area contributed by atoms with Crippen LogP contribution in [0.2, 0.25) is 10.0 Å². The molecule has 1 N–H and O–H groups in total. The second-order valence-electron chi connectivity index (χ2n) is 3.80. The lowest BCUT2D eigenvalue weighted by Gasteiger charge is -2.07. The second kappa shape index (κ2) is 6.45. The number of carbonyl (C=O) groups is 1. The standard InChI is InChI=1S/C14H11Cl2NO2/c15-10-1-5-12(6-2-10)17-14(18)9-19-13-7-3-11(16)4-8-13/h1-8H,9H2,(H,17,18). The van der Waals surface area contributed by atoms with E-state index >= 15 is 0 Å². The molecule has 0 fully saturated rings. The zero-order valence-electron chi connectivity index (χ0n) is 9.90. The number of halogens is 2. The highest BCUT2D eigenvalue weighted by molar-refractivity contribution is 6.30. The van der Waals surface area contributed by atoms with Gasteiger partial charge in [0.1, 0.15) is 5.75 Å². The van der Waals surface area contributed by atoms with E-state index < -0.39 is 0 Å². The molecule has 2 rings (SSSR count). The van der Waals surface area contributed by atoms with Crippen molar-refractivity contribution < 1.29 is 9.53 Å². The minimum Gasteiger partial charge on any atom is -0.484 e. The van der Waals surface area contributed by atoms with Gasteiger partial charge < -0.3 is 10.1 Å². The van der Waals surface area contributed by atoms with Crippen LogP contribution in [0.4, 0.5) is 5.69 Å². The first-order valence-corrected chi connectivity index (χ1v) is 6.33. The van der Waals surface area contributed by atoms with Crippen molar-refractivity contribution in [1.82, 2.24) is 0 Å². The molecule has 0 radical (unpaired) electrons. The van der Waals surface area contributed by atoms with Gasteiger partial charge in [-0.15, -0.1) is 0 Å². The maximum absolute atomic E-state index is 11.6. The molecule has 19 heavy (non-hydrogen) atoms. The minimum absolute atomic E-state index is 0.0652. The third-order valence-electron chi connectivity index (χ3n) is 2.31. The van der Waals surface area contributed by atoms with E-state index in [2.05, 4.69) is 5.32 Å². The van der Waals surface area contributed by atoms with Gasteiger partial charge in [-0.2, -0.15) is 0 Å².